The Bertz CT molecular complexity index is 485. The van der Waals surface area contributed by atoms with E-state index in [1.54, 1.807) is 11.3 Å². The van der Waals surface area contributed by atoms with Gasteiger partial charge in [0.15, 0.2) is 0 Å². The van der Waals surface area contributed by atoms with Crippen molar-refractivity contribution < 1.29 is 4.74 Å². The summed E-state index contributed by atoms with van der Waals surface area (Å²) in [4.78, 5) is 0. The number of thiophene rings is 1. The van der Waals surface area contributed by atoms with Crippen LogP contribution in [-0.4, -0.2) is 31.2 Å². The number of rotatable bonds is 9. The van der Waals surface area contributed by atoms with E-state index in [4.69, 9.17) is 4.74 Å². The molecule has 0 atom stereocenters. The molecule has 1 heterocycles. The lowest BCUT2D eigenvalue weighted by molar-refractivity contribution is 0.344. The number of thioether (sulfide) groups is 1. The molecule has 2 nitrogen and oxygen atoms in total. The molecule has 20 heavy (non-hydrogen) atoms. The van der Waals surface area contributed by atoms with E-state index in [1.165, 1.54) is 11.1 Å². The lowest BCUT2D eigenvalue weighted by Crippen LogP contribution is -2.16. The second-order valence-corrected chi connectivity index (χ2v) is 6.36. The molecule has 2 aromatic rings. The van der Waals surface area contributed by atoms with Crippen LogP contribution in [0.1, 0.15) is 6.92 Å². The highest BCUT2D eigenvalue weighted by molar-refractivity contribution is 7.99. The average Bonchev–Trinajstić information content (AvgIpc) is 3.01. The summed E-state index contributed by atoms with van der Waals surface area (Å²) in [5.74, 6) is 3.14. The van der Waals surface area contributed by atoms with Crippen LogP contribution < -0.4 is 10.1 Å². The van der Waals surface area contributed by atoms with E-state index in [9.17, 15) is 0 Å². The van der Waals surface area contributed by atoms with E-state index in [1.807, 2.05) is 17.8 Å². The molecule has 0 radical (unpaired) electrons. The van der Waals surface area contributed by atoms with E-state index in [0.29, 0.717) is 0 Å². The Labute approximate surface area is 129 Å². The summed E-state index contributed by atoms with van der Waals surface area (Å²) in [6, 6.07) is 10.5. The molecule has 4 heteroatoms. The normalized spacial score (nSPS) is 10.7. The third-order valence-corrected chi connectivity index (χ3v) is 4.49. The SMILES string of the molecule is CCNCCSCCOc1cccc(-c2ccsc2)c1. The van der Waals surface area contributed by atoms with Gasteiger partial charge < -0.3 is 10.1 Å². The molecule has 0 aliphatic heterocycles. The molecule has 0 fully saturated rings. The molecule has 0 unspecified atom stereocenters. The summed E-state index contributed by atoms with van der Waals surface area (Å²) in [7, 11) is 0. The second-order valence-electron chi connectivity index (χ2n) is 4.35. The maximum atomic E-state index is 5.81. The van der Waals surface area contributed by atoms with Gasteiger partial charge in [0.05, 0.1) is 6.61 Å². The molecule has 1 aromatic heterocycles. The van der Waals surface area contributed by atoms with Crippen LogP contribution in [0.15, 0.2) is 41.1 Å². The lowest BCUT2D eigenvalue weighted by atomic mass is 10.1. The van der Waals surface area contributed by atoms with Crippen LogP contribution in [0.4, 0.5) is 0 Å². The lowest BCUT2D eigenvalue weighted by Gasteiger charge is -2.07. The van der Waals surface area contributed by atoms with Crippen molar-refractivity contribution in [2.24, 2.45) is 0 Å². The van der Waals surface area contributed by atoms with Gasteiger partial charge in [-0.2, -0.15) is 23.1 Å². The Kier molecular flexibility index (Phi) is 6.98. The minimum absolute atomic E-state index is 0.768. The van der Waals surface area contributed by atoms with Crippen molar-refractivity contribution in [2.75, 3.05) is 31.2 Å². The average molecular weight is 307 g/mol. The van der Waals surface area contributed by atoms with Crippen LogP contribution in [0, 0.1) is 0 Å². The Balaban J connectivity index is 1.72. The van der Waals surface area contributed by atoms with E-state index >= 15 is 0 Å². The van der Waals surface area contributed by atoms with Crippen molar-refractivity contribution in [1.82, 2.24) is 5.32 Å². The quantitative estimate of drug-likeness (QED) is 0.704. The number of hydrogen-bond acceptors (Lipinski definition) is 4. The predicted molar refractivity (Wildman–Crippen MR) is 91.1 cm³/mol. The molecular formula is C16H21NOS2. The number of hydrogen-bond donors (Lipinski definition) is 1. The zero-order valence-electron chi connectivity index (χ0n) is 11.8. The molecule has 0 spiro atoms. The first-order valence-corrected chi connectivity index (χ1v) is 9.04. The van der Waals surface area contributed by atoms with Crippen molar-refractivity contribution in [2.45, 2.75) is 6.92 Å². The highest BCUT2D eigenvalue weighted by Gasteiger charge is 2.00. The van der Waals surface area contributed by atoms with Gasteiger partial charge in [-0.1, -0.05) is 19.1 Å². The van der Waals surface area contributed by atoms with Crippen LogP contribution >= 0.6 is 23.1 Å². The first-order chi connectivity index (χ1) is 9.90. The van der Waals surface area contributed by atoms with E-state index < -0.39 is 0 Å². The molecule has 1 aromatic carbocycles. The van der Waals surface area contributed by atoms with Crippen molar-refractivity contribution in [3.63, 3.8) is 0 Å². The maximum absolute atomic E-state index is 5.81. The standard InChI is InChI=1S/C16H21NOS2/c1-2-17-7-10-19-11-8-18-16-5-3-4-14(12-16)15-6-9-20-13-15/h3-6,9,12-13,17H,2,7-8,10-11H2,1H3. The minimum Gasteiger partial charge on any atom is -0.493 e. The molecule has 0 aliphatic rings. The number of ether oxygens (including phenoxy) is 1. The molecule has 0 saturated carbocycles. The van der Waals surface area contributed by atoms with Gasteiger partial charge in [0.1, 0.15) is 5.75 Å². The highest BCUT2D eigenvalue weighted by atomic mass is 32.2. The van der Waals surface area contributed by atoms with E-state index in [0.717, 1.165) is 37.0 Å². The maximum Gasteiger partial charge on any atom is 0.119 e. The first kappa shape index (κ1) is 15.4. The third-order valence-electron chi connectivity index (χ3n) is 2.86. The topological polar surface area (TPSA) is 21.3 Å². The second kappa shape index (κ2) is 9.06. The zero-order chi connectivity index (χ0) is 14.0. The third kappa shape index (κ3) is 5.19. The smallest absolute Gasteiger partial charge is 0.119 e. The fourth-order valence-corrected chi connectivity index (χ4v) is 3.19. The van der Waals surface area contributed by atoms with Crippen molar-refractivity contribution in [3.8, 4) is 16.9 Å². The van der Waals surface area contributed by atoms with Gasteiger partial charge in [-0.3, -0.25) is 0 Å². The fraction of sp³-hybridized carbons (Fsp3) is 0.375. The number of nitrogens with one attached hydrogen (secondary N) is 1. The molecule has 0 saturated heterocycles. The van der Waals surface area contributed by atoms with Gasteiger partial charge >= 0.3 is 0 Å². The van der Waals surface area contributed by atoms with Crippen molar-refractivity contribution in [3.05, 3.63) is 41.1 Å². The van der Waals surface area contributed by atoms with Crippen LogP contribution in [-0.2, 0) is 0 Å². The molecule has 0 bridgehead atoms. The van der Waals surface area contributed by atoms with Crippen LogP contribution in [0.3, 0.4) is 0 Å². The first-order valence-electron chi connectivity index (χ1n) is 6.94. The molecular weight excluding hydrogens is 286 g/mol. The van der Waals surface area contributed by atoms with Gasteiger partial charge in [-0.15, -0.1) is 0 Å². The molecule has 0 aliphatic carbocycles. The van der Waals surface area contributed by atoms with Gasteiger partial charge in [0.25, 0.3) is 0 Å². The minimum atomic E-state index is 0.768. The zero-order valence-corrected chi connectivity index (χ0v) is 13.4. The fourth-order valence-electron chi connectivity index (χ4n) is 1.84. The van der Waals surface area contributed by atoms with Crippen molar-refractivity contribution in [1.29, 1.82) is 0 Å². The highest BCUT2D eigenvalue weighted by Crippen LogP contribution is 2.25. The summed E-state index contributed by atoms with van der Waals surface area (Å²) in [6.45, 7) is 5.03. The summed E-state index contributed by atoms with van der Waals surface area (Å²) in [5.41, 5.74) is 2.49. The molecule has 0 amide bonds. The molecule has 2 rings (SSSR count). The van der Waals surface area contributed by atoms with Crippen LogP contribution in [0.2, 0.25) is 0 Å². The van der Waals surface area contributed by atoms with E-state index in [2.05, 4.69) is 47.3 Å². The van der Waals surface area contributed by atoms with Gasteiger partial charge in [0, 0.05) is 18.1 Å². The van der Waals surface area contributed by atoms with E-state index in [-0.39, 0.29) is 0 Å². The molecule has 108 valence electrons. The summed E-state index contributed by atoms with van der Waals surface area (Å²) in [5, 5.41) is 7.58. The van der Waals surface area contributed by atoms with Crippen LogP contribution in [0.25, 0.3) is 11.1 Å². The monoisotopic (exact) mass is 307 g/mol. The van der Waals surface area contributed by atoms with Crippen molar-refractivity contribution >= 4 is 23.1 Å². The Morgan fingerprint density at radius 1 is 1.20 bits per heavy atom. The number of benzene rings is 1. The Morgan fingerprint density at radius 3 is 2.95 bits per heavy atom. The Morgan fingerprint density at radius 2 is 2.15 bits per heavy atom. The predicted octanol–water partition coefficient (Wildman–Crippen LogP) is 4.14. The van der Waals surface area contributed by atoms with Crippen LogP contribution in [0.5, 0.6) is 5.75 Å². The molecule has 1 N–H and O–H groups in total. The Hall–Kier alpha value is -0.970. The summed E-state index contributed by atoms with van der Waals surface area (Å²) in [6.07, 6.45) is 0. The van der Waals surface area contributed by atoms with Gasteiger partial charge in [-0.05, 0) is 46.6 Å². The van der Waals surface area contributed by atoms with Gasteiger partial charge in [0.2, 0.25) is 0 Å². The summed E-state index contributed by atoms with van der Waals surface area (Å²) >= 11 is 3.65. The largest absolute Gasteiger partial charge is 0.493 e. The summed E-state index contributed by atoms with van der Waals surface area (Å²) < 4.78 is 5.81. The van der Waals surface area contributed by atoms with Gasteiger partial charge in [-0.25, -0.2) is 0 Å².